The van der Waals surface area contributed by atoms with Gasteiger partial charge in [0.2, 0.25) is 0 Å². The molecule has 4 nitrogen and oxygen atoms in total. The second-order valence-electron chi connectivity index (χ2n) is 4.71. The molecule has 0 amide bonds. The summed E-state index contributed by atoms with van der Waals surface area (Å²) in [5, 5.41) is 7.23. The molecule has 2 N–H and O–H groups in total. The molecule has 0 aliphatic carbocycles. The van der Waals surface area contributed by atoms with Crippen molar-refractivity contribution < 1.29 is 0 Å². The summed E-state index contributed by atoms with van der Waals surface area (Å²) in [5.41, 5.74) is 9.44. The van der Waals surface area contributed by atoms with Crippen LogP contribution >= 0.6 is 11.3 Å². The van der Waals surface area contributed by atoms with Gasteiger partial charge in [0, 0.05) is 31.1 Å². The lowest BCUT2D eigenvalue weighted by molar-refractivity contribution is 0.709. The van der Waals surface area contributed by atoms with Crippen LogP contribution in [0.15, 0.2) is 48.0 Å². The van der Waals surface area contributed by atoms with Gasteiger partial charge in [0.25, 0.3) is 0 Å². The van der Waals surface area contributed by atoms with Crippen LogP contribution in [0.25, 0.3) is 10.7 Å². The van der Waals surface area contributed by atoms with Crippen molar-refractivity contribution in [3.05, 3.63) is 59.2 Å². The lowest BCUT2D eigenvalue weighted by Crippen LogP contribution is -2.13. The van der Waals surface area contributed by atoms with Crippen LogP contribution in [-0.2, 0) is 13.5 Å². The van der Waals surface area contributed by atoms with Crippen molar-refractivity contribution in [3.8, 4) is 10.7 Å². The minimum Gasteiger partial charge on any atom is -0.324 e. The van der Waals surface area contributed by atoms with Crippen LogP contribution in [0.1, 0.15) is 17.3 Å². The van der Waals surface area contributed by atoms with Crippen molar-refractivity contribution in [1.29, 1.82) is 0 Å². The lowest BCUT2D eigenvalue weighted by atomic mass is 10.0. The van der Waals surface area contributed by atoms with Crippen LogP contribution < -0.4 is 5.73 Å². The number of hydrogen-bond acceptors (Lipinski definition) is 4. The quantitative estimate of drug-likeness (QED) is 0.801. The summed E-state index contributed by atoms with van der Waals surface area (Å²) >= 11 is 1.63. The van der Waals surface area contributed by atoms with Gasteiger partial charge in [0.05, 0.1) is 11.4 Å². The predicted molar refractivity (Wildman–Crippen MR) is 81.4 cm³/mol. The molecule has 0 saturated heterocycles. The molecule has 0 spiro atoms. The van der Waals surface area contributed by atoms with Crippen molar-refractivity contribution in [2.75, 3.05) is 0 Å². The summed E-state index contributed by atoms with van der Waals surface area (Å²) in [7, 11) is 1.92. The Balaban J connectivity index is 1.77. The van der Waals surface area contributed by atoms with Crippen molar-refractivity contribution in [1.82, 2.24) is 14.8 Å². The Hall–Kier alpha value is -1.98. The fourth-order valence-electron chi connectivity index (χ4n) is 2.15. The molecule has 3 aromatic rings. The number of nitrogens with zero attached hydrogens (tertiary/aromatic N) is 3. The molecule has 102 valence electrons. The Kier molecular flexibility index (Phi) is 3.62. The molecule has 20 heavy (non-hydrogen) atoms. The van der Waals surface area contributed by atoms with Gasteiger partial charge in [-0.2, -0.15) is 5.10 Å². The van der Waals surface area contributed by atoms with E-state index in [0.717, 1.165) is 28.4 Å². The maximum Gasteiger partial charge on any atom is 0.141 e. The van der Waals surface area contributed by atoms with E-state index in [4.69, 9.17) is 5.73 Å². The third-order valence-corrected chi connectivity index (χ3v) is 4.16. The standard InChI is InChI=1S/C15H16N4S/c1-19-14(7-8-17-19)15-18-12(10-20-15)9-13(16)11-5-3-2-4-6-11/h2-8,10,13H,9,16H2,1H3. The second-order valence-corrected chi connectivity index (χ2v) is 5.56. The van der Waals surface area contributed by atoms with Gasteiger partial charge in [-0.3, -0.25) is 4.68 Å². The first-order valence-corrected chi connectivity index (χ1v) is 7.35. The maximum atomic E-state index is 6.23. The number of nitrogens with two attached hydrogens (primary N) is 1. The van der Waals surface area contributed by atoms with Gasteiger partial charge in [-0.05, 0) is 11.6 Å². The first-order chi connectivity index (χ1) is 9.74. The molecule has 5 heteroatoms. The first kappa shape index (κ1) is 13.0. The number of benzene rings is 1. The van der Waals surface area contributed by atoms with E-state index >= 15 is 0 Å². The van der Waals surface area contributed by atoms with E-state index < -0.39 is 0 Å². The molecular formula is C15H16N4S. The van der Waals surface area contributed by atoms with E-state index in [1.807, 2.05) is 36.0 Å². The van der Waals surface area contributed by atoms with Crippen molar-refractivity contribution in [2.24, 2.45) is 12.8 Å². The summed E-state index contributed by atoms with van der Waals surface area (Å²) in [6.07, 6.45) is 2.53. The molecule has 1 aromatic carbocycles. The van der Waals surface area contributed by atoms with E-state index in [-0.39, 0.29) is 6.04 Å². The van der Waals surface area contributed by atoms with E-state index in [1.165, 1.54) is 0 Å². The topological polar surface area (TPSA) is 56.7 Å². The zero-order valence-corrected chi connectivity index (χ0v) is 12.0. The Bertz CT molecular complexity index is 687. The van der Waals surface area contributed by atoms with Crippen molar-refractivity contribution in [2.45, 2.75) is 12.5 Å². The van der Waals surface area contributed by atoms with E-state index in [9.17, 15) is 0 Å². The van der Waals surface area contributed by atoms with Gasteiger partial charge in [-0.1, -0.05) is 30.3 Å². The first-order valence-electron chi connectivity index (χ1n) is 6.47. The highest BCUT2D eigenvalue weighted by molar-refractivity contribution is 7.13. The van der Waals surface area contributed by atoms with Gasteiger partial charge in [-0.15, -0.1) is 11.3 Å². The predicted octanol–water partition coefficient (Wildman–Crippen LogP) is 2.79. The molecule has 0 bridgehead atoms. The molecule has 0 aliphatic rings. The van der Waals surface area contributed by atoms with E-state index in [2.05, 4.69) is 27.6 Å². The number of aromatic nitrogens is 3. The molecule has 0 radical (unpaired) electrons. The molecule has 0 saturated carbocycles. The van der Waals surface area contributed by atoms with E-state index in [1.54, 1.807) is 17.5 Å². The van der Waals surface area contributed by atoms with Crippen LogP contribution in [0, 0.1) is 0 Å². The van der Waals surface area contributed by atoms with Gasteiger partial charge >= 0.3 is 0 Å². The molecule has 0 fully saturated rings. The summed E-state index contributed by atoms with van der Waals surface area (Å²) < 4.78 is 1.83. The zero-order chi connectivity index (χ0) is 13.9. The van der Waals surface area contributed by atoms with Gasteiger partial charge in [0.15, 0.2) is 0 Å². The second kappa shape index (κ2) is 5.56. The average molecular weight is 284 g/mol. The van der Waals surface area contributed by atoms with Crippen LogP contribution in [0.4, 0.5) is 0 Å². The monoisotopic (exact) mass is 284 g/mol. The highest BCUT2D eigenvalue weighted by Crippen LogP contribution is 2.25. The highest BCUT2D eigenvalue weighted by atomic mass is 32.1. The normalized spacial score (nSPS) is 12.5. The summed E-state index contributed by atoms with van der Waals surface area (Å²) in [6.45, 7) is 0. The molecule has 3 rings (SSSR count). The summed E-state index contributed by atoms with van der Waals surface area (Å²) in [6, 6.07) is 12.1. The molecule has 2 heterocycles. The Morgan fingerprint density at radius 2 is 2.05 bits per heavy atom. The minimum absolute atomic E-state index is 0.0160. The third kappa shape index (κ3) is 2.64. The fourth-order valence-corrected chi connectivity index (χ4v) is 3.03. The Morgan fingerprint density at radius 3 is 2.75 bits per heavy atom. The molecular weight excluding hydrogens is 268 g/mol. The largest absolute Gasteiger partial charge is 0.324 e. The number of thiazole rings is 1. The number of rotatable bonds is 4. The van der Waals surface area contributed by atoms with Crippen LogP contribution in [0.3, 0.4) is 0 Å². The van der Waals surface area contributed by atoms with Crippen LogP contribution in [0.5, 0.6) is 0 Å². The molecule has 0 aliphatic heterocycles. The lowest BCUT2D eigenvalue weighted by Gasteiger charge is -2.09. The Labute approximate surface area is 121 Å². The molecule has 1 atom stereocenters. The van der Waals surface area contributed by atoms with E-state index in [0.29, 0.717) is 0 Å². The van der Waals surface area contributed by atoms with Gasteiger partial charge in [-0.25, -0.2) is 4.98 Å². The van der Waals surface area contributed by atoms with Crippen molar-refractivity contribution in [3.63, 3.8) is 0 Å². The smallest absolute Gasteiger partial charge is 0.141 e. The average Bonchev–Trinajstić information content (AvgIpc) is 3.08. The third-order valence-electron chi connectivity index (χ3n) is 3.25. The van der Waals surface area contributed by atoms with Crippen LogP contribution in [0.2, 0.25) is 0 Å². The fraction of sp³-hybridized carbons (Fsp3) is 0.200. The van der Waals surface area contributed by atoms with Gasteiger partial charge < -0.3 is 5.73 Å². The summed E-state index contributed by atoms with van der Waals surface area (Å²) in [5.74, 6) is 0. The Morgan fingerprint density at radius 1 is 1.25 bits per heavy atom. The SMILES string of the molecule is Cn1nccc1-c1nc(CC(N)c2ccccc2)cs1. The number of aryl methyl sites for hydroxylation is 1. The molecule has 2 aromatic heterocycles. The summed E-state index contributed by atoms with van der Waals surface area (Å²) in [4.78, 5) is 4.66. The molecule has 1 unspecified atom stereocenters. The number of hydrogen-bond donors (Lipinski definition) is 1. The maximum absolute atomic E-state index is 6.23. The zero-order valence-electron chi connectivity index (χ0n) is 11.2. The minimum atomic E-state index is -0.0160. The van der Waals surface area contributed by atoms with Gasteiger partial charge in [0.1, 0.15) is 5.01 Å². The van der Waals surface area contributed by atoms with Crippen molar-refractivity contribution >= 4 is 11.3 Å². The highest BCUT2D eigenvalue weighted by Gasteiger charge is 2.12. The van der Waals surface area contributed by atoms with Crippen LogP contribution in [-0.4, -0.2) is 14.8 Å².